The van der Waals surface area contributed by atoms with Crippen molar-refractivity contribution in [3.05, 3.63) is 75.3 Å². The first kappa shape index (κ1) is 19.7. The average Bonchev–Trinajstić information content (AvgIpc) is 3.16. The van der Waals surface area contributed by atoms with Crippen LogP contribution in [0, 0.1) is 5.82 Å². The van der Waals surface area contributed by atoms with Crippen molar-refractivity contribution in [2.24, 2.45) is 5.16 Å². The van der Waals surface area contributed by atoms with Gasteiger partial charge in [-0.2, -0.15) is 0 Å². The zero-order valence-electron chi connectivity index (χ0n) is 14.7. The Labute approximate surface area is 167 Å². The Morgan fingerprint density at radius 2 is 1.96 bits per heavy atom. The van der Waals surface area contributed by atoms with Crippen molar-refractivity contribution in [3.8, 4) is 5.75 Å². The lowest BCUT2D eigenvalue weighted by atomic mass is 10.0. The van der Waals surface area contributed by atoms with E-state index in [1.54, 1.807) is 43.5 Å². The van der Waals surface area contributed by atoms with E-state index >= 15 is 0 Å². The van der Waals surface area contributed by atoms with E-state index in [2.05, 4.69) is 31.4 Å². The number of rotatable bonds is 7. The van der Waals surface area contributed by atoms with Gasteiger partial charge in [0.05, 0.1) is 18.0 Å². The summed E-state index contributed by atoms with van der Waals surface area (Å²) >= 11 is 3.11. The van der Waals surface area contributed by atoms with Crippen molar-refractivity contribution in [1.29, 1.82) is 0 Å². The van der Waals surface area contributed by atoms with Crippen LogP contribution in [0.3, 0.4) is 0 Å². The molecule has 3 rings (SSSR count). The van der Waals surface area contributed by atoms with Crippen LogP contribution in [0.1, 0.15) is 27.3 Å². The molecule has 144 valence electrons. The van der Waals surface area contributed by atoms with Crippen LogP contribution in [0.5, 0.6) is 5.75 Å². The maximum atomic E-state index is 13.4. The van der Waals surface area contributed by atoms with E-state index in [0.717, 1.165) is 0 Å². The standard InChI is InChI=1S/C19H15BrFN3O4/c1-27-13-5-3-12(4-6-13)18(25)10-17-19(24-28-23-17)16(22-26)9-11-2-7-15(21)14(20)8-11/h2-8,26H,9-10H2,1H3/b22-16+. The minimum Gasteiger partial charge on any atom is -0.497 e. The lowest BCUT2D eigenvalue weighted by Crippen LogP contribution is -2.12. The third-order valence-corrected chi connectivity index (χ3v) is 4.65. The number of ether oxygens (including phenoxy) is 1. The van der Waals surface area contributed by atoms with E-state index in [4.69, 9.17) is 9.37 Å². The fourth-order valence-electron chi connectivity index (χ4n) is 2.58. The minimum atomic E-state index is -0.403. The molecule has 0 aliphatic rings. The number of carbonyl (C=O) groups excluding carboxylic acids is 1. The van der Waals surface area contributed by atoms with Gasteiger partial charge in [0.25, 0.3) is 0 Å². The molecule has 3 aromatic rings. The normalized spacial score (nSPS) is 11.5. The van der Waals surface area contributed by atoms with Crippen LogP contribution in [-0.4, -0.2) is 34.1 Å². The molecule has 0 amide bonds. The van der Waals surface area contributed by atoms with Crippen LogP contribution in [0.25, 0.3) is 0 Å². The summed E-state index contributed by atoms with van der Waals surface area (Å²) in [5.74, 6) is 0.0297. The fourth-order valence-corrected chi connectivity index (χ4v) is 3.01. The van der Waals surface area contributed by atoms with Crippen LogP contribution >= 0.6 is 15.9 Å². The molecule has 0 saturated heterocycles. The summed E-state index contributed by atoms with van der Waals surface area (Å²) in [5, 5.41) is 20.2. The summed E-state index contributed by atoms with van der Waals surface area (Å²) < 4.78 is 23.5. The molecule has 2 aromatic carbocycles. The lowest BCUT2D eigenvalue weighted by Gasteiger charge is -2.05. The quantitative estimate of drug-likeness (QED) is 0.255. The number of hydrogen-bond donors (Lipinski definition) is 1. The molecule has 1 aromatic heterocycles. The molecule has 1 N–H and O–H groups in total. The van der Waals surface area contributed by atoms with Crippen LogP contribution in [0.15, 0.2) is 56.7 Å². The lowest BCUT2D eigenvalue weighted by molar-refractivity contribution is 0.0990. The molecule has 0 radical (unpaired) electrons. The highest BCUT2D eigenvalue weighted by atomic mass is 79.9. The zero-order chi connectivity index (χ0) is 20.1. The molecule has 0 atom stereocenters. The van der Waals surface area contributed by atoms with Gasteiger partial charge < -0.3 is 9.94 Å². The predicted molar refractivity (Wildman–Crippen MR) is 101 cm³/mol. The Morgan fingerprint density at radius 3 is 2.61 bits per heavy atom. The molecule has 0 spiro atoms. The van der Waals surface area contributed by atoms with Gasteiger partial charge in [-0.15, -0.1) is 0 Å². The summed E-state index contributed by atoms with van der Waals surface area (Å²) in [6.45, 7) is 0. The molecule has 0 saturated carbocycles. The van der Waals surface area contributed by atoms with Crippen molar-refractivity contribution in [2.45, 2.75) is 12.8 Å². The summed E-state index contributed by atoms with van der Waals surface area (Å²) in [7, 11) is 1.54. The van der Waals surface area contributed by atoms with Crippen molar-refractivity contribution in [3.63, 3.8) is 0 Å². The number of nitrogens with zero attached hydrogens (tertiary/aromatic N) is 3. The Morgan fingerprint density at radius 1 is 1.21 bits per heavy atom. The maximum absolute atomic E-state index is 13.4. The van der Waals surface area contributed by atoms with Crippen LogP contribution in [0.2, 0.25) is 0 Å². The van der Waals surface area contributed by atoms with Crippen molar-refractivity contribution in [2.75, 3.05) is 7.11 Å². The minimum absolute atomic E-state index is 0.0860. The molecule has 0 fully saturated rings. The Hall–Kier alpha value is -3.07. The fraction of sp³-hybridized carbons (Fsp3) is 0.158. The second-order valence-corrected chi connectivity index (χ2v) is 6.71. The second-order valence-electron chi connectivity index (χ2n) is 5.86. The third kappa shape index (κ3) is 4.42. The van der Waals surface area contributed by atoms with Gasteiger partial charge in [0.2, 0.25) is 0 Å². The molecular formula is C19H15BrFN3O4. The summed E-state index contributed by atoms with van der Waals surface area (Å²) in [6.07, 6.45) is 0.0601. The topological polar surface area (TPSA) is 97.8 Å². The van der Waals surface area contributed by atoms with Crippen molar-refractivity contribution < 1.29 is 23.8 Å². The number of aromatic nitrogens is 2. The molecule has 0 unspecified atom stereocenters. The molecule has 0 aliphatic carbocycles. The molecule has 9 heteroatoms. The number of carbonyl (C=O) groups is 1. The predicted octanol–water partition coefficient (Wildman–Crippen LogP) is 3.83. The summed E-state index contributed by atoms with van der Waals surface area (Å²) in [4.78, 5) is 12.5. The van der Waals surface area contributed by atoms with Gasteiger partial charge in [-0.25, -0.2) is 9.02 Å². The highest BCUT2D eigenvalue weighted by Crippen LogP contribution is 2.19. The van der Waals surface area contributed by atoms with Gasteiger partial charge in [-0.3, -0.25) is 4.79 Å². The third-order valence-electron chi connectivity index (χ3n) is 4.05. The summed E-state index contributed by atoms with van der Waals surface area (Å²) in [5.41, 5.74) is 1.72. The van der Waals surface area contributed by atoms with E-state index in [0.29, 0.717) is 16.9 Å². The first-order valence-electron chi connectivity index (χ1n) is 8.15. The summed E-state index contributed by atoms with van der Waals surface area (Å²) in [6, 6.07) is 11.1. The van der Waals surface area contributed by atoms with Gasteiger partial charge in [0.15, 0.2) is 11.5 Å². The van der Waals surface area contributed by atoms with Crippen molar-refractivity contribution in [1.82, 2.24) is 10.3 Å². The molecular weight excluding hydrogens is 433 g/mol. The zero-order valence-corrected chi connectivity index (χ0v) is 16.3. The number of oxime groups is 1. The maximum Gasteiger partial charge on any atom is 0.169 e. The average molecular weight is 448 g/mol. The van der Waals surface area contributed by atoms with E-state index in [-0.39, 0.29) is 40.2 Å². The number of ketones is 1. The monoisotopic (exact) mass is 447 g/mol. The smallest absolute Gasteiger partial charge is 0.169 e. The van der Waals surface area contributed by atoms with Crippen LogP contribution < -0.4 is 4.74 Å². The van der Waals surface area contributed by atoms with Gasteiger partial charge in [0.1, 0.15) is 23.0 Å². The molecule has 7 nitrogen and oxygen atoms in total. The SMILES string of the molecule is COc1ccc(C(=O)Cc2nonc2/C(Cc2ccc(F)c(Br)c2)=N/O)cc1. The van der Waals surface area contributed by atoms with E-state index in [9.17, 15) is 14.4 Å². The van der Waals surface area contributed by atoms with Crippen molar-refractivity contribution >= 4 is 27.4 Å². The highest BCUT2D eigenvalue weighted by molar-refractivity contribution is 9.10. The molecule has 1 heterocycles. The van der Waals surface area contributed by atoms with Gasteiger partial charge in [0, 0.05) is 12.0 Å². The van der Waals surface area contributed by atoms with Gasteiger partial charge in [-0.1, -0.05) is 16.4 Å². The van der Waals surface area contributed by atoms with Gasteiger partial charge in [-0.05, 0) is 63.0 Å². The first-order valence-corrected chi connectivity index (χ1v) is 8.95. The van der Waals surface area contributed by atoms with Crippen LogP contribution in [-0.2, 0) is 12.8 Å². The van der Waals surface area contributed by atoms with Crippen LogP contribution in [0.4, 0.5) is 4.39 Å². The molecule has 0 bridgehead atoms. The Balaban J connectivity index is 1.79. The van der Waals surface area contributed by atoms with E-state index < -0.39 is 5.82 Å². The number of benzene rings is 2. The van der Waals surface area contributed by atoms with E-state index in [1.807, 2.05) is 0 Å². The molecule has 0 aliphatic heterocycles. The second kappa shape index (κ2) is 8.75. The largest absolute Gasteiger partial charge is 0.497 e. The highest BCUT2D eigenvalue weighted by Gasteiger charge is 2.21. The number of hydrogen-bond acceptors (Lipinski definition) is 7. The van der Waals surface area contributed by atoms with Gasteiger partial charge >= 0.3 is 0 Å². The number of Topliss-reactive ketones (excluding diaryl/α,β-unsaturated/α-hetero) is 1. The number of methoxy groups -OCH3 is 1. The first-order chi connectivity index (χ1) is 13.5. The Bertz CT molecular complexity index is 1020. The molecule has 28 heavy (non-hydrogen) atoms. The number of halogens is 2. The van der Waals surface area contributed by atoms with E-state index in [1.165, 1.54) is 6.07 Å². The Kier molecular flexibility index (Phi) is 6.15.